The van der Waals surface area contributed by atoms with Gasteiger partial charge in [-0.15, -0.1) is 0 Å². The van der Waals surface area contributed by atoms with Crippen LogP contribution >= 0.6 is 0 Å². The van der Waals surface area contributed by atoms with Crippen LogP contribution in [0.25, 0.3) is 88.4 Å². The fourth-order valence-corrected chi connectivity index (χ4v) is 7.88. The molecule has 0 atom stereocenters. The van der Waals surface area contributed by atoms with Gasteiger partial charge in [-0.2, -0.15) is 5.26 Å². The van der Waals surface area contributed by atoms with Crippen molar-refractivity contribution < 1.29 is 0 Å². The molecule has 242 valence electrons. The van der Waals surface area contributed by atoms with E-state index in [4.69, 9.17) is 0 Å². The topological polar surface area (TPSA) is 33.6 Å². The third kappa shape index (κ3) is 4.81. The number of nitriles is 1. The van der Waals surface area contributed by atoms with E-state index in [0.29, 0.717) is 5.56 Å². The summed E-state index contributed by atoms with van der Waals surface area (Å²) in [6.45, 7) is 0. The number of hydrogen-bond acceptors (Lipinski definition) is 1. The van der Waals surface area contributed by atoms with Crippen molar-refractivity contribution in [2.24, 2.45) is 0 Å². The Hall–Kier alpha value is -7.15. The molecule has 8 aromatic carbocycles. The molecular formula is C49H31N3. The number of hydrogen-bond donors (Lipinski definition) is 0. The number of para-hydroxylation sites is 2. The van der Waals surface area contributed by atoms with Crippen molar-refractivity contribution in [2.75, 3.05) is 0 Å². The normalized spacial score (nSPS) is 11.4. The Bertz CT molecular complexity index is 3010. The first-order valence-electron chi connectivity index (χ1n) is 17.6. The zero-order valence-electron chi connectivity index (χ0n) is 28.2. The predicted octanol–water partition coefficient (Wildman–Crippen LogP) is 12.8. The van der Waals surface area contributed by atoms with Crippen molar-refractivity contribution >= 4 is 43.6 Å². The van der Waals surface area contributed by atoms with Gasteiger partial charge in [0.05, 0.1) is 33.7 Å². The molecule has 3 nitrogen and oxygen atoms in total. The lowest BCUT2D eigenvalue weighted by atomic mass is 9.99. The molecule has 0 spiro atoms. The molecule has 52 heavy (non-hydrogen) atoms. The van der Waals surface area contributed by atoms with Crippen LogP contribution in [0, 0.1) is 11.3 Å². The highest BCUT2D eigenvalue weighted by Gasteiger charge is 2.16. The first-order valence-corrected chi connectivity index (χ1v) is 17.6. The van der Waals surface area contributed by atoms with Gasteiger partial charge >= 0.3 is 0 Å². The van der Waals surface area contributed by atoms with E-state index in [-0.39, 0.29) is 0 Å². The van der Waals surface area contributed by atoms with Gasteiger partial charge in [0, 0.05) is 32.9 Å². The number of nitrogens with zero attached hydrogens (tertiary/aromatic N) is 3. The lowest BCUT2D eigenvalue weighted by molar-refractivity contribution is 1.18. The second-order valence-corrected chi connectivity index (χ2v) is 13.3. The van der Waals surface area contributed by atoms with E-state index in [0.717, 1.165) is 22.4 Å². The predicted molar refractivity (Wildman–Crippen MR) is 216 cm³/mol. The highest BCUT2D eigenvalue weighted by Crippen LogP contribution is 2.39. The molecule has 0 saturated heterocycles. The van der Waals surface area contributed by atoms with Gasteiger partial charge in [0.2, 0.25) is 0 Å². The zero-order valence-corrected chi connectivity index (χ0v) is 28.2. The maximum absolute atomic E-state index is 9.36. The Labute approximate surface area is 301 Å². The van der Waals surface area contributed by atoms with Crippen LogP contribution in [0.1, 0.15) is 5.56 Å². The van der Waals surface area contributed by atoms with Gasteiger partial charge in [0.15, 0.2) is 0 Å². The third-order valence-electron chi connectivity index (χ3n) is 10.3. The Morgan fingerprint density at radius 1 is 0.308 bits per heavy atom. The summed E-state index contributed by atoms with van der Waals surface area (Å²) in [4.78, 5) is 0. The van der Waals surface area contributed by atoms with Gasteiger partial charge in [-0.25, -0.2) is 0 Å². The van der Waals surface area contributed by atoms with Crippen molar-refractivity contribution in [1.29, 1.82) is 5.26 Å². The molecule has 0 aliphatic heterocycles. The van der Waals surface area contributed by atoms with Crippen LogP contribution in [0.4, 0.5) is 0 Å². The molecule has 0 bridgehead atoms. The fraction of sp³-hybridized carbons (Fsp3) is 0. The van der Waals surface area contributed by atoms with Crippen molar-refractivity contribution in [2.45, 2.75) is 0 Å². The number of aromatic nitrogens is 2. The van der Waals surface area contributed by atoms with E-state index in [1.807, 2.05) is 24.3 Å². The molecule has 0 aliphatic rings. The zero-order chi connectivity index (χ0) is 34.6. The van der Waals surface area contributed by atoms with Crippen LogP contribution in [0.5, 0.6) is 0 Å². The van der Waals surface area contributed by atoms with Crippen molar-refractivity contribution in [1.82, 2.24) is 9.13 Å². The standard InChI is InChI=1S/C49H31N3/c50-32-33-20-24-40(25-21-33)51-46-18-6-4-16-42(46)44-30-38(22-26-48(44)51)39-23-27-49-45(31-39)43-17-5-7-19-47(43)52(49)41-15-9-14-37(29-41)36-13-8-12-35(28-36)34-10-2-1-3-11-34/h1-31H. The minimum atomic E-state index is 0.657. The molecule has 0 unspecified atom stereocenters. The Balaban J connectivity index is 1.09. The largest absolute Gasteiger partial charge is 0.309 e. The SMILES string of the molecule is N#Cc1ccc(-n2c3ccccc3c3cc(-c4ccc5c(c4)c4ccccc4n5-c4cccc(-c5cccc(-c6ccccc6)c5)c4)ccc32)cc1. The molecule has 2 aromatic heterocycles. The second kappa shape index (κ2) is 12.0. The Kier molecular flexibility index (Phi) is 6.87. The smallest absolute Gasteiger partial charge is 0.0991 e. The highest BCUT2D eigenvalue weighted by molar-refractivity contribution is 6.12. The molecule has 10 rings (SSSR count). The maximum atomic E-state index is 9.36. The second-order valence-electron chi connectivity index (χ2n) is 13.3. The van der Waals surface area contributed by atoms with Crippen LogP contribution in [0.2, 0.25) is 0 Å². The maximum Gasteiger partial charge on any atom is 0.0991 e. The molecule has 0 fully saturated rings. The summed E-state index contributed by atoms with van der Waals surface area (Å²) in [5, 5.41) is 14.2. The summed E-state index contributed by atoms with van der Waals surface area (Å²) >= 11 is 0. The molecular weight excluding hydrogens is 631 g/mol. The number of rotatable bonds is 5. The first-order chi connectivity index (χ1) is 25.7. The summed E-state index contributed by atoms with van der Waals surface area (Å²) in [6, 6.07) is 69.3. The third-order valence-corrected chi connectivity index (χ3v) is 10.3. The van der Waals surface area contributed by atoms with Gasteiger partial charge in [0.1, 0.15) is 0 Å². The molecule has 3 heteroatoms. The van der Waals surface area contributed by atoms with Gasteiger partial charge in [-0.05, 0) is 112 Å². The molecule has 0 aliphatic carbocycles. The van der Waals surface area contributed by atoms with Crippen molar-refractivity contribution in [3.63, 3.8) is 0 Å². The summed E-state index contributed by atoms with van der Waals surface area (Å²) in [7, 11) is 0. The van der Waals surface area contributed by atoms with Gasteiger partial charge in [-0.3, -0.25) is 0 Å². The quantitative estimate of drug-likeness (QED) is 0.181. The van der Waals surface area contributed by atoms with E-state index < -0.39 is 0 Å². The minimum Gasteiger partial charge on any atom is -0.309 e. The molecule has 2 heterocycles. The summed E-state index contributed by atoms with van der Waals surface area (Å²) < 4.78 is 4.69. The van der Waals surface area contributed by atoms with Gasteiger partial charge < -0.3 is 9.13 Å². The molecule has 0 N–H and O–H groups in total. The van der Waals surface area contributed by atoms with Gasteiger partial charge in [0.25, 0.3) is 0 Å². The number of benzene rings is 8. The van der Waals surface area contributed by atoms with Crippen LogP contribution in [0.15, 0.2) is 188 Å². The molecule has 0 amide bonds. The minimum absolute atomic E-state index is 0.657. The van der Waals surface area contributed by atoms with Crippen LogP contribution in [0.3, 0.4) is 0 Å². The summed E-state index contributed by atoms with van der Waals surface area (Å²) in [6.07, 6.45) is 0. The molecule has 0 radical (unpaired) electrons. The number of fused-ring (bicyclic) bond motifs is 6. The van der Waals surface area contributed by atoms with Crippen LogP contribution < -0.4 is 0 Å². The highest BCUT2D eigenvalue weighted by atomic mass is 15.0. The van der Waals surface area contributed by atoms with E-state index >= 15 is 0 Å². The van der Waals surface area contributed by atoms with Crippen molar-refractivity contribution in [3.05, 3.63) is 194 Å². The van der Waals surface area contributed by atoms with E-state index in [9.17, 15) is 5.26 Å². The summed E-state index contributed by atoms with van der Waals surface area (Å²) in [5.41, 5.74) is 14.7. The first kappa shape index (κ1) is 29.7. The summed E-state index contributed by atoms with van der Waals surface area (Å²) in [5.74, 6) is 0. The van der Waals surface area contributed by atoms with Crippen molar-refractivity contribution in [3.8, 4) is 50.8 Å². The fourth-order valence-electron chi connectivity index (χ4n) is 7.88. The Morgan fingerprint density at radius 2 is 0.769 bits per heavy atom. The van der Waals surface area contributed by atoms with E-state index in [1.165, 1.54) is 66.0 Å². The van der Waals surface area contributed by atoms with E-state index in [2.05, 4.69) is 179 Å². The molecule has 0 saturated carbocycles. The van der Waals surface area contributed by atoms with E-state index in [1.54, 1.807) is 0 Å². The van der Waals surface area contributed by atoms with Gasteiger partial charge in [-0.1, -0.05) is 109 Å². The molecule has 10 aromatic rings. The monoisotopic (exact) mass is 661 g/mol. The van der Waals surface area contributed by atoms with Crippen LogP contribution in [-0.4, -0.2) is 9.13 Å². The lowest BCUT2D eigenvalue weighted by Crippen LogP contribution is -1.94. The van der Waals surface area contributed by atoms with Crippen LogP contribution in [-0.2, 0) is 0 Å². The Morgan fingerprint density at radius 3 is 1.38 bits per heavy atom. The average Bonchev–Trinajstić information content (AvgIpc) is 3.73. The average molecular weight is 662 g/mol. The lowest BCUT2D eigenvalue weighted by Gasteiger charge is -2.12.